The van der Waals surface area contributed by atoms with Gasteiger partial charge >= 0.3 is 0 Å². The molecule has 0 N–H and O–H groups in total. The first-order valence-corrected chi connectivity index (χ1v) is 9.57. The van der Waals surface area contributed by atoms with Gasteiger partial charge in [0.2, 0.25) is 10.0 Å². The zero-order valence-electron chi connectivity index (χ0n) is 11.1. The Hall–Kier alpha value is -0.760. The summed E-state index contributed by atoms with van der Waals surface area (Å²) in [6, 6.07) is 5.20. The maximum absolute atomic E-state index is 13.1. The average Bonchev–Trinajstić information content (AvgIpc) is 3.01. The van der Waals surface area contributed by atoms with E-state index >= 15 is 0 Å². The van der Waals surface area contributed by atoms with E-state index in [1.165, 1.54) is 0 Å². The molecule has 2 atom stereocenters. The Labute approximate surface area is 132 Å². The summed E-state index contributed by atoms with van der Waals surface area (Å²) in [5.41, 5.74) is 1.12. The predicted molar refractivity (Wildman–Crippen MR) is 82.1 cm³/mol. The van der Waals surface area contributed by atoms with Crippen LogP contribution < -0.4 is 0 Å². The lowest BCUT2D eigenvalue weighted by Gasteiger charge is -2.35. The summed E-state index contributed by atoms with van der Waals surface area (Å²) in [6.07, 6.45) is 3.28. The molecule has 2 unspecified atom stereocenters. The molecule has 0 amide bonds. The number of halogens is 1. The SMILES string of the molecule is O=S(=O)(c1cccc2nsnc12)N1C2CCC1CC(Cl)C2. The number of benzene rings is 1. The van der Waals surface area contributed by atoms with E-state index in [1.54, 1.807) is 22.5 Å². The topological polar surface area (TPSA) is 63.2 Å². The van der Waals surface area contributed by atoms with E-state index in [0.717, 1.165) is 37.4 Å². The Morgan fingerprint density at radius 2 is 1.90 bits per heavy atom. The lowest BCUT2D eigenvalue weighted by atomic mass is 10.1. The third-order valence-electron chi connectivity index (χ3n) is 4.41. The van der Waals surface area contributed by atoms with Crippen molar-refractivity contribution in [3.8, 4) is 0 Å². The van der Waals surface area contributed by atoms with Crippen molar-refractivity contribution in [2.45, 2.75) is 48.0 Å². The molecule has 2 aliphatic heterocycles. The Balaban J connectivity index is 1.82. The average molecular weight is 344 g/mol. The molecule has 3 heterocycles. The minimum atomic E-state index is -3.54. The van der Waals surface area contributed by atoms with Crippen LogP contribution >= 0.6 is 23.3 Å². The van der Waals surface area contributed by atoms with Crippen molar-refractivity contribution in [3.05, 3.63) is 18.2 Å². The molecule has 21 heavy (non-hydrogen) atoms. The van der Waals surface area contributed by atoms with E-state index in [0.29, 0.717) is 11.0 Å². The number of alkyl halides is 1. The zero-order chi connectivity index (χ0) is 14.6. The second-order valence-electron chi connectivity index (χ2n) is 5.68. The zero-order valence-corrected chi connectivity index (χ0v) is 13.5. The summed E-state index contributed by atoms with van der Waals surface area (Å²) >= 11 is 7.29. The maximum Gasteiger partial charge on any atom is 0.245 e. The summed E-state index contributed by atoms with van der Waals surface area (Å²) in [5.74, 6) is 0. The van der Waals surface area contributed by atoms with Crippen molar-refractivity contribution in [2.75, 3.05) is 0 Å². The van der Waals surface area contributed by atoms with Crippen molar-refractivity contribution < 1.29 is 8.42 Å². The summed E-state index contributed by atoms with van der Waals surface area (Å²) in [7, 11) is -3.54. The molecular weight excluding hydrogens is 330 g/mol. The molecule has 0 radical (unpaired) electrons. The minimum absolute atomic E-state index is 0.0260. The second-order valence-corrected chi connectivity index (χ2v) is 8.63. The standard InChI is InChI=1S/C13H14ClN3O2S2/c14-8-6-9-4-5-10(7-8)17(9)21(18,19)12-3-1-2-11-13(12)16-20-15-11/h1-3,8-10H,4-7H2. The van der Waals surface area contributed by atoms with Crippen LogP contribution in [0.4, 0.5) is 0 Å². The van der Waals surface area contributed by atoms with Gasteiger partial charge in [-0.2, -0.15) is 13.1 Å². The van der Waals surface area contributed by atoms with Gasteiger partial charge in [-0.25, -0.2) is 8.42 Å². The lowest BCUT2D eigenvalue weighted by molar-refractivity contribution is 0.251. The molecular formula is C13H14ClN3O2S2. The van der Waals surface area contributed by atoms with Gasteiger partial charge < -0.3 is 0 Å². The van der Waals surface area contributed by atoms with Crippen LogP contribution in [0.3, 0.4) is 0 Å². The summed E-state index contributed by atoms with van der Waals surface area (Å²) in [5, 5.41) is 0.0886. The Kier molecular flexibility index (Phi) is 3.22. The lowest BCUT2D eigenvalue weighted by Crippen LogP contribution is -2.46. The highest BCUT2D eigenvalue weighted by atomic mass is 35.5. The van der Waals surface area contributed by atoms with Crippen LogP contribution in [0.15, 0.2) is 23.1 Å². The van der Waals surface area contributed by atoms with Gasteiger partial charge in [-0.1, -0.05) is 6.07 Å². The van der Waals surface area contributed by atoms with Crippen molar-refractivity contribution in [2.24, 2.45) is 0 Å². The van der Waals surface area contributed by atoms with E-state index in [9.17, 15) is 8.42 Å². The monoisotopic (exact) mass is 343 g/mol. The van der Waals surface area contributed by atoms with Gasteiger partial charge in [0.05, 0.1) is 11.7 Å². The van der Waals surface area contributed by atoms with Crippen LogP contribution in [-0.4, -0.2) is 38.9 Å². The second kappa shape index (κ2) is 4.87. The number of piperidine rings is 1. The van der Waals surface area contributed by atoms with Crippen LogP contribution in [0.25, 0.3) is 11.0 Å². The van der Waals surface area contributed by atoms with Gasteiger partial charge in [0.25, 0.3) is 0 Å². The predicted octanol–water partition coefficient (Wildman–Crippen LogP) is 2.61. The first-order valence-electron chi connectivity index (χ1n) is 6.96. The van der Waals surface area contributed by atoms with E-state index in [2.05, 4.69) is 8.75 Å². The molecule has 0 spiro atoms. The fourth-order valence-electron chi connectivity index (χ4n) is 3.56. The number of sulfonamides is 1. The number of aromatic nitrogens is 2. The quantitative estimate of drug-likeness (QED) is 0.786. The molecule has 112 valence electrons. The van der Waals surface area contributed by atoms with Gasteiger partial charge in [0.1, 0.15) is 15.9 Å². The molecule has 2 bridgehead atoms. The highest BCUT2D eigenvalue weighted by Crippen LogP contribution is 2.42. The Bertz CT molecular complexity index is 778. The van der Waals surface area contributed by atoms with E-state index < -0.39 is 10.0 Å². The van der Waals surface area contributed by atoms with Crippen LogP contribution in [0, 0.1) is 0 Å². The third-order valence-corrected chi connectivity index (χ3v) is 7.35. The highest BCUT2D eigenvalue weighted by Gasteiger charge is 2.47. The first-order chi connectivity index (χ1) is 10.1. The van der Waals surface area contributed by atoms with Gasteiger partial charge in [-0.05, 0) is 37.8 Å². The fourth-order valence-corrected chi connectivity index (χ4v) is 6.62. The van der Waals surface area contributed by atoms with E-state index in [1.807, 2.05) is 0 Å². The summed E-state index contributed by atoms with van der Waals surface area (Å²) in [6.45, 7) is 0. The molecule has 1 aromatic carbocycles. The summed E-state index contributed by atoms with van der Waals surface area (Å²) < 4.78 is 36.1. The largest absolute Gasteiger partial charge is 0.245 e. The van der Waals surface area contributed by atoms with Crippen molar-refractivity contribution >= 4 is 44.4 Å². The number of nitrogens with zero attached hydrogens (tertiary/aromatic N) is 3. The van der Waals surface area contributed by atoms with Crippen LogP contribution in [0.1, 0.15) is 25.7 Å². The highest BCUT2D eigenvalue weighted by molar-refractivity contribution is 7.89. The number of fused-ring (bicyclic) bond motifs is 3. The molecule has 5 nitrogen and oxygen atoms in total. The molecule has 1 aromatic heterocycles. The summed E-state index contributed by atoms with van der Waals surface area (Å²) in [4.78, 5) is 0.277. The van der Waals surface area contributed by atoms with Gasteiger partial charge in [0, 0.05) is 17.5 Å². The Morgan fingerprint density at radius 3 is 2.62 bits per heavy atom. The first kappa shape index (κ1) is 13.9. The van der Waals surface area contributed by atoms with Crippen molar-refractivity contribution in [1.29, 1.82) is 0 Å². The number of hydrogen-bond donors (Lipinski definition) is 0. The number of rotatable bonds is 2. The van der Waals surface area contributed by atoms with Gasteiger partial charge in [-0.3, -0.25) is 0 Å². The molecule has 0 saturated carbocycles. The van der Waals surface area contributed by atoms with Gasteiger partial charge in [-0.15, -0.1) is 11.6 Å². The van der Waals surface area contributed by atoms with Gasteiger partial charge in [0.15, 0.2) is 0 Å². The molecule has 2 saturated heterocycles. The van der Waals surface area contributed by atoms with Crippen LogP contribution in [-0.2, 0) is 10.0 Å². The molecule has 8 heteroatoms. The normalized spacial score (nSPS) is 30.0. The maximum atomic E-state index is 13.1. The van der Waals surface area contributed by atoms with Crippen molar-refractivity contribution in [1.82, 2.24) is 13.1 Å². The molecule has 0 aliphatic carbocycles. The molecule has 4 rings (SSSR count). The molecule has 2 aliphatic rings. The smallest absolute Gasteiger partial charge is 0.207 e. The van der Waals surface area contributed by atoms with Crippen LogP contribution in [0.2, 0.25) is 0 Å². The van der Waals surface area contributed by atoms with Crippen molar-refractivity contribution in [3.63, 3.8) is 0 Å². The fraction of sp³-hybridized carbons (Fsp3) is 0.538. The van der Waals surface area contributed by atoms with E-state index in [-0.39, 0.29) is 22.4 Å². The molecule has 2 aromatic rings. The minimum Gasteiger partial charge on any atom is -0.207 e. The Morgan fingerprint density at radius 1 is 1.19 bits per heavy atom. The van der Waals surface area contributed by atoms with Crippen LogP contribution in [0.5, 0.6) is 0 Å². The molecule has 2 fully saturated rings. The third kappa shape index (κ3) is 2.10. The number of hydrogen-bond acceptors (Lipinski definition) is 5. The van der Waals surface area contributed by atoms with E-state index in [4.69, 9.17) is 11.6 Å².